The first-order chi connectivity index (χ1) is 6.22. The van der Waals surface area contributed by atoms with E-state index in [9.17, 15) is 4.79 Å². The average molecular weight is 186 g/mol. The first-order valence-electron chi connectivity index (χ1n) is 4.96. The van der Waals surface area contributed by atoms with E-state index in [4.69, 9.17) is 9.84 Å². The largest absolute Gasteiger partial charge is 0.466 e. The zero-order chi connectivity index (χ0) is 9.68. The van der Waals surface area contributed by atoms with Gasteiger partial charge < -0.3 is 9.84 Å². The van der Waals surface area contributed by atoms with E-state index in [1.54, 1.807) is 0 Å². The smallest absolute Gasteiger partial charge is 0.302 e. The zero-order valence-electron chi connectivity index (χ0n) is 8.16. The topological polar surface area (TPSA) is 46.5 Å². The Morgan fingerprint density at radius 3 is 2.31 bits per heavy atom. The predicted octanol–water partition coefficient (Wildman–Crippen LogP) is 1.35. The van der Waals surface area contributed by atoms with Crippen molar-refractivity contribution in [2.75, 3.05) is 13.2 Å². The van der Waals surface area contributed by atoms with Gasteiger partial charge in [-0.25, -0.2) is 0 Å². The van der Waals surface area contributed by atoms with Crippen LogP contribution in [0.15, 0.2) is 0 Å². The van der Waals surface area contributed by atoms with Gasteiger partial charge in [-0.1, -0.05) is 0 Å². The van der Waals surface area contributed by atoms with Crippen LogP contribution in [0.3, 0.4) is 0 Å². The van der Waals surface area contributed by atoms with Gasteiger partial charge in [0.25, 0.3) is 0 Å². The van der Waals surface area contributed by atoms with Crippen LogP contribution in [0.2, 0.25) is 0 Å². The van der Waals surface area contributed by atoms with Crippen LogP contribution in [0, 0.1) is 11.8 Å². The lowest BCUT2D eigenvalue weighted by atomic mass is 9.83. The summed E-state index contributed by atoms with van der Waals surface area (Å²) in [5, 5.41) is 8.91. The maximum atomic E-state index is 10.5. The molecule has 0 aliphatic heterocycles. The van der Waals surface area contributed by atoms with Crippen LogP contribution in [-0.2, 0) is 9.53 Å². The highest BCUT2D eigenvalue weighted by Crippen LogP contribution is 2.28. The summed E-state index contributed by atoms with van der Waals surface area (Å²) in [5.41, 5.74) is 0. The molecule has 0 aromatic carbocycles. The maximum Gasteiger partial charge on any atom is 0.302 e. The first kappa shape index (κ1) is 10.5. The summed E-state index contributed by atoms with van der Waals surface area (Å²) < 4.78 is 4.95. The summed E-state index contributed by atoms with van der Waals surface area (Å²) in [6, 6.07) is 0. The highest BCUT2D eigenvalue weighted by Gasteiger charge is 2.20. The van der Waals surface area contributed by atoms with E-state index in [-0.39, 0.29) is 5.97 Å². The molecule has 0 amide bonds. The zero-order valence-corrected chi connectivity index (χ0v) is 8.16. The van der Waals surface area contributed by atoms with Crippen molar-refractivity contribution in [1.29, 1.82) is 0 Å². The fourth-order valence-corrected chi connectivity index (χ4v) is 1.82. The highest BCUT2D eigenvalue weighted by molar-refractivity contribution is 5.65. The summed E-state index contributed by atoms with van der Waals surface area (Å²) in [5.74, 6) is 0.810. The van der Waals surface area contributed by atoms with Gasteiger partial charge in [0.05, 0.1) is 6.61 Å². The molecular weight excluding hydrogens is 168 g/mol. The average Bonchev–Trinajstić information content (AvgIpc) is 2.15. The molecule has 76 valence electrons. The van der Waals surface area contributed by atoms with Crippen molar-refractivity contribution >= 4 is 5.97 Å². The second-order valence-electron chi connectivity index (χ2n) is 3.87. The maximum absolute atomic E-state index is 10.5. The van der Waals surface area contributed by atoms with Gasteiger partial charge in [-0.05, 0) is 37.5 Å². The summed E-state index contributed by atoms with van der Waals surface area (Å²) in [6.07, 6.45) is 4.31. The third-order valence-electron chi connectivity index (χ3n) is 2.75. The molecule has 0 spiro atoms. The van der Waals surface area contributed by atoms with Crippen molar-refractivity contribution in [3.8, 4) is 0 Å². The Labute approximate surface area is 79.1 Å². The quantitative estimate of drug-likeness (QED) is 0.677. The number of esters is 1. The number of aliphatic hydroxyl groups excluding tert-OH is 1. The molecular formula is C10H18O3. The lowest BCUT2D eigenvalue weighted by molar-refractivity contribution is -0.142. The van der Waals surface area contributed by atoms with Gasteiger partial charge in [-0.3, -0.25) is 4.79 Å². The Bertz CT molecular complexity index is 160. The fraction of sp³-hybridized carbons (Fsp3) is 0.900. The van der Waals surface area contributed by atoms with E-state index in [1.165, 1.54) is 6.92 Å². The number of aliphatic hydroxyl groups is 1. The Kier molecular flexibility index (Phi) is 4.22. The van der Waals surface area contributed by atoms with Crippen molar-refractivity contribution in [3.05, 3.63) is 0 Å². The molecule has 0 radical (unpaired) electrons. The predicted molar refractivity (Wildman–Crippen MR) is 49.2 cm³/mol. The molecule has 3 heteroatoms. The van der Waals surface area contributed by atoms with E-state index < -0.39 is 0 Å². The summed E-state index contributed by atoms with van der Waals surface area (Å²) in [7, 11) is 0. The van der Waals surface area contributed by atoms with Gasteiger partial charge in [-0.2, -0.15) is 0 Å². The van der Waals surface area contributed by atoms with Crippen LogP contribution >= 0.6 is 0 Å². The van der Waals surface area contributed by atoms with E-state index in [0.717, 1.165) is 25.7 Å². The first-order valence-corrected chi connectivity index (χ1v) is 4.96. The van der Waals surface area contributed by atoms with Crippen molar-refractivity contribution < 1.29 is 14.6 Å². The van der Waals surface area contributed by atoms with Crippen molar-refractivity contribution in [2.45, 2.75) is 32.6 Å². The van der Waals surface area contributed by atoms with Gasteiger partial charge >= 0.3 is 5.97 Å². The number of hydrogen-bond acceptors (Lipinski definition) is 3. The standard InChI is InChI=1S/C10H18O3/c1-8(12)13-7-10-4-2-9(6-11)3-5-10/h9-11H,2-7H2,1H3. The molecule has 0 aromatic rings. The number of rotatable bonds is 3. The minimum Gasteiger partial charge on any atom is -0.466 e. The molecule has 0 atom stereocenters. The van der Waals surface area contributed by atoms with E-state index >= 15 is 0 Å². The lowest BCUT2D eigenvalue weighted by Crippen LogP contribution is -2.21. The number of carbonyl (C=O) groups is 1. The normalized spacial score (nSPS) is 28.5. The monoisotopic (exact) mass is 186 g/mol. The molecule has 1 fully saturated rings. The number of carbonyl (C=O) groups excluding carboxylic acids is 1. The van der Waals surface area contributed by atoms with Gasteiger partial charge in [0.1, 0.15) is 0 Å². The summed E-state index contributed by atoms with van der Waals surface area (Å²) in [6.45, 7) is 2.31. The van der Waals surface area contributed by atoms with Crippen LogP contribution in [0.4, 0.5) is 0 Å². The minimum absolute atomic E-state index is 0.190. The van der Waals surface area contributed by atoms with E-state index in [0.29, 0.717) is 25.0 Å². The van der Waals surface area contributed by atoms with Crippen LogP contribution in [0.5, 0.6) is 0 Å². The molecule has 0 aromatic heterocycles. The second-order valence-corrected chi connectivity index (χ2v) is 3.87. The number of ether oxygens (including phenoxy) is 1. The molecule has 3 nitrogen and oxygen atoms in total. The highest BCUT2D eigenvalue weighted by atomic mass is 16.5. The Morgan fingerprint density at radius 1 is 1.31 bits per heavy atom. The summed E-state index contributed by atoms with van der Waals surface area (Å²) >= 11 is 0. The Morgan fingerprint density at radius 2 is 1.85 bits per heavy atom. The van der Waals surface area contributed by atoms with Crippen LogP contribution in [-0.4, -0.2) is 24.3 Å². The van der Waals surface area contributed by atoms with Crippen molar-refractivity contribution in [3.63, 3.8) is 0 Å². The number of hydrogen-bond donors (Lipinski definition) is 1. The van der Waals surface area contributed by atoms with Crippen LogP contribution in [0.25, 0.3) is 0 Å². The third-order valence-corrected chi connectivity index (χ3v) is 2.75. The minimum atomic E-state index is -0.190. The van der Waals surface area contributed by atoms with Gasteiger partial charge in [0.2, 0.25) is 0 Å². The molecule has 1 N–H and O–H groups in total. The third kappa shape index (κ3) is 3.77. The van der Waals surface area contributed by atoms with Gasteiger partial charge in [0.15, 0.2) is 0 Å². The van der Waals surface area contributed by atoms with E-state index in [2.05, 4.69) is 0 Å². The molecule has 13 heavy (non-hydrogen) atoms. The summed E-state index contributed by atoms with van der Waals surface area (Å²) in [4.78, 5) is 10.5. The van der Waals surface area contributed by atoms with E-state index in [1.807, 2.05) is 0 Å². The molecule has 1 aliphatic rings. The SMILES string of the molecule is CC(=O)OCC1CCC(CO)CC1. The van der Waals surface area contributed by atoms with Gasteiger partial charge in [-0.15, -0.1) is 0 Å². The lowest BCUT2D eigenvalue weighted by Gasteiger charge is -2.26. The molecule has 1 saturated carbocycles. The molecule has 0 unspecified atom stereocenters. The molecule has 0 heterocycles. The Hall–Kier alpha value is -0.570. The van der Waals surface area contributed by atoms with Crippen molar-refractivity contribution in [1.82, 2.24) is 0 Å². The van der Waals surface area contributed by atoms with Crippen molar-refractivity contribution in [2.24, 2.45) is 11.8 Å². The van der Waals surface area contributed by atoms with Crippen LogP contribution < -0.4 is 0 Å². The van der Waals surface area contributed by atoms with Crippen LogP contribution in [0.1, 0.15) is 32.6 Å². The molecule has 1 aliphatic carbocycles. The van der Waals surface area contributed by atoms with Gasteiger partial charge in [0, 0.05) is 13.5 Å². The molecule has 0 bridgehead atoms. The second kappa shape index (κ2) is 5.22. The Balaban J connectivity index is 2.14. The fourth-order valence-electron chi connectivity index (χ4n) is 1.82. The molecule has 0 saturated heterocycles. The molecule has 1 rings (SSSR count).